The van der Waals surface area contributed by atoms with Gasteiger partial charge in [-0.15, -0.1) is 0 Å². The van der Waals surface area contributed by atoms with E-state index in [0.29, 0.717) is 0 Å². The SMILES string of the molecule is COCOCC(=O)COCOC. The zero-order chi connectivity index (χ0) is 9.23. The molecule has 0 atom stereocenters. The molecule has 0 aromatic rings. The molecule has 0 aromatic heterocycles. The van der Waals surface area contributed by atoms with Gasteiger partial charge in [0, 0.05) is 14.2 Å². The highest BCUT2D eigenvalue weighted by atomic mass is 16.7. The second-order valence-electron chi connectivity index (χ2n) is 2.05. The molecule has 0 unspecified atom stereocenters. The van der Waals surface area contributed by atoms with Crippen LogP contribution in [0.5, 0.6) is 0 Å². The first-order chi connectivity index (χ1) is 5.81. The predicted molar refractivity (Wildman–Crippen MR) is 40.7 cm³/mol. The minimum Gasteiger partial charge on any atom is -0.359 e. The van der Waals surface area contributed by atoms with Crippen LogP contribution in [0.25, 0.3) is 0 Å². The molecule has 0 aromatic carbocycles. The van der Waals surface area contributed by atoms with Crippen molar-refractivity contribution in [1.82, 2.24) is 0 Å². The average molecular weight is 178 g/mol. The molecule has 72 valence electrons. The van der Waals surface area contributed by atoms with Gasteiger partial charge in [0.15, 0.2) is 5.78 Å². The summed E-state index contributed by atoms with van der Waals surface area (Å²) < 4.78 is 18.7. The van der Waals surface area contributed by atoms with Crippen LogP contribution in [0.15, 0.2) is 0 Å². The summed E-state index contributed by atoms with van der Waals surface area (Å²) in [5.74, 6) is -0.135. The predicted octanol–water partition coefficient (Wildman–Crippen LogP) is -0.204. The zero-order valence-corrected chi connectivity index (χ0v) is 7.37. The minimum atomic E-state index is -0.135. The van der Waals surface area contributed by atoms with E-state index in [1.807, 2.05) is 0 Å². The number of hydrogen-bond donors (Lipinski definition) is 0. The summed E-state index contributed by atoms with van der Waals surface area (Å²) in [7, 11) is 2.98. The van der Waals surface area contributed by atoms with Crippen molar-refractivity contribution in [3.63, 3.8) is 0 Å². The lowest BCUT2D eigenvalue weighted by Crippen LogP contribution is -2.16. The van der Waals surface area contributed by atoms with Crippen LogP contribution in [0.2, 0.25) is 0 Å². The third kappa shape index (κ3) is 7.62. The van der Waals surface area contributed by atoms with E-state index in [0.717, 1.165) is 0 Å². The minimum absolute atomic E-state index is 0.0115. The van der Waals surface area contributed by atoms with Crippen molar-refractivity contribution in [2.24, 2.45) is 0 Å². The first kappa shape index (κ1) is 11.5. The molecule has 0 aliphatic rings. The highest BCUT2D eigenvalue weighted by Crippen LogP contribution is 1.81. The fourth-order valence-electron chi connectivity index (χ4n) is 0.519. The fourth-order valence-corrected chi connectivity index (χ4v) is 0.519. The van der Waals surface area contributed by atoms with Gasteiger partial charge in [-0.2, -0.15) is 0 Å². The summed E-state index contributed by atoms with van der Waals surface area (Å²) >= 11 is 0. The van der Waals surface area contributed by atoms with E-state index in [2.05, 4.69) is 9.47 Å². The van der Waals surface area contributed by atoms with Crippen molar-refractivity contribution in [3.8, 4) is 0 Å². The third-order valence-electron chi connectivity index (χ3n) is 0.928. The maximum absolute atomic E-state index is 10.8. The fraction of sp³-hybridized carbons (Fsp3) is 0.857. The lowest BCUT2D eigenvalue weighted by atomic mass is 10.4. The Hall–Kier alpha value is -0.490. The highest BCUT2D eigenvalue weighted by molar-refractivity contribution is 5.80. The normalized spacial score (nSPS) is 10.2. The number of carbonyl (C=O) groups excluding carboxylic acids is 1. The first-order valence-electron chi connectivity index (χ1n) is 3.46. The lowest BCUT2D eigenvalue weighted by molar-refractivity contribution is -0.136. The molecule has 0 saturated heterocycles. The van der Waals surface area contributed by atoms with Crippen molar-refractivity contribution in [1.29, 1.82) is 0 Å². The highest BCUT2D eigenvalue weighted by Gasteiger charge is 2.00. The third-order valence-corrected chi connectivity index (χ3v) is 0.928. The van der Waals surface area contributed by atoms with Crippen LogP contribution >= 0.6 is 0 Å². The van der Waals surface area contributed by atoms with E-state index in [9.17, 15) is 4.79 Å². The van der Waals surface area contributed by atoms with E-state index in [4.69, 9.17) is 9.47 Å². The van der Waals surface area contributed by atoms with Crippen LogP contribution in [-0.4, -0.2) is 46.8 Å². The van der Waals surface area contributed by atoms with Crippen LogP contribution in [-0.2, 0) is 23.7 Å². The first-order valence-corrected chi connectivity index (χ1v) is 3.46. The summed E-state index contributed by atoms with van der Waals surface area (Å²) in [6.45, 7) is 0.265. The Labute approximate surface area is 71.5 Å². The Bertz CT molecular complexity index is 102. The van der Waals surface area contributed by atoms with E-state index in [1.54, 1.807) is 0 Å². The summed E-state index contributed by atoms with van der Waals surface area (Å²) in [5, 5.41) is 0. The number of ether oxygens (including phenoxy) is 4. The molecule has 0 aliphatic carbocycles. The molecule has 5 heteroatoms. The van der Waals surface area contributed by atoms with Crippen LogP contribution in [0, 0.1) is 0 Å². The van der Waals surface area contributed by atoms with Gasteiger partial charge in [0.2, 0.25) is 0 Å². The van der Waals surface area contributed by atoms with E-state index >= 15 is 0 Å². The number of Topliss-reactive ketones (excluding diaryl/α,β-unsaturated/α-hetero) is 1. The molecule has 0 rings (SSSR count). The van der Waals surface area contributed by atoms with E-state index in [-0.39, 0.29) is 32.6 Å². The number of hydrogen-bond acceptors (Lipinski definition) is 5. The Kier molecular flexibility index (Phi) is 8.25. The molecular weight excluding hydrogens is 164 g/mol. The largest absolute Gasteiger partial charge is 0.359 e. The molecule has 0 bridgehead atoms. The monoisotopic (exact) mass is 178 g/mol. The number of carbonyl (C=O) groups is 1. The van der Waals surface area contributed by atoms with Crippen molar-refractivity contribution in [2.75, 3.05) is 41.0 Å². The van der Waals surface area contributed by atoms with Crippen LogP contribution in [0.4, 0.5) is 0 Å². The van der Waals surface area contributed by atoms with Crippen molar-refractivity contribution < 1.29 is 23.7 Å². The molecular formula is C7H14O5. The molecule has 0 amide bonds. The van der Waals surface area contributed by atoms with Crippen molar-refractivity contribution in [2.45, 2.75) is 0 Å². The van der Waals surface area contributed by atoms with Gasteiger partial charge >= 0.3 is 0 Å². The Morgan fingerprint density at radius 3 is 1.75 bits per heavy atom. The number of rotatable bonds is 8. The zero-order valence-electron chi connectivity index (χ0n) is 7.37. The molecule has 0 aliphatic heterocycles. The number of methoxy groups -OCH3 is 2. The molecule has 0 radical (unpaired) electrons. The smallest absolute Gasteiger partial charge is 0.184 e. The molecule has 5 nitrogen and oxygen atoms in total. The summed E-state index contributed by atoms with van der Waals surface area (Å²) in [5.41, 5.74) is 0. The van der Waals surface area contributed by atoms with Crippen molar-refractivity contribution >= 4 is 5.78 Å². The van der Waals surface area contributed by atoms with Gasteiger partial charge in [-0.25, -0.2) is 0 Å². The second-order valence-corrected chi connectivity index (χ2v) is 2.05. The summed E-state index contributed by atoms with van der Waals surface area (Å²) in [6.07, 6.45) is 0. The van der Waals surface area contributed by atoms with Crippen molar-refractivity contribution in [3.05, 3.63) is 0 Å². The topological polar surface area (TPSA) is 54.0 Å². The Morgan fingerprint density at radius 1 is 1.00 bits per heavy atom. The lowest BCUT2D eigenvalue weighted by Gasteiger charge is -2.02. The standard InChI is InChI=1S/C7H14O5/c1-9-5-11-3-7(8)4-12-6-10-2/h3-6H2,1-2H3. The Morgan fingerprint density at radius 2 is 1.42 bits per heavy atom. The maximum atomic E-state index is 10.8. The van der Waals surface area contributed by atoms with E-state index in [1.165, 1.54) is 14.2 Å². The van der Waals surface area contributed by atoms with Crippen LogP contribution < -0.4 is 0 Å². The quantitative estimate of drug-likeness (QED) is 0.380. The van der Waals surface area contributed by atoms with Crippen LogP contribution in [0.3, 0.4) is 0 Å². The average Bonchev–Trinajstić information content (AvgIpc) is 2.06. The molecule has 0 heterocycles. The molecule has 0 N–H and O–H groups in total. The van der Waals surface area contributed by atoms with Gasteiger partial charge in [-0.05, 0) is 0 Å². The van der Waals surface area contributed by atoms with Gasteiger partial charge in [-0.1, -0.05) is 0 Å². The van der Waals surface area contributed by atoms with Gasteiger partial charge in [0.1, 0.15) is 26.8 Å². The number of ketones is 1. The second kappa shape index (κ2) is 8.61. The summed E-state index contributed by atoms with van der Waals surface area (Å²) in [4.78, 5) is 10.8. The molecule has 0 fully saturated rings. The van der Waals surface area contributed by atoms with Crippen LogP contribution in [0.1, 0.15) is 0 Å². The summed E-state index contributed by atoms with van der Waals surface area (Å²) in [6, 6.07) is 0. The Balaban J connectivity index is 3.10. The van der Waals surface area contributed by atoms with Gasteiger partial charge in [-0.3, -0.25) is 4.79 Å². The molecule has 0 spiro atoms. The van der Waals surface area contributed by atoms with Gasteiger partial charge in [0.05, 0.1) is 0 Å². The maximum Gasteiger partial charge on any atom is 0.184 e. The molecule has 12 heavy (non-hydrogen) atoms. The van der Waals surface area contributed by atoms with E-state index < -0.39 is 0 Å². The van der Waals surface area contributed by atoms with Gasteiger partial charge in [0.25, 0.3) is 0 Å². The molecule has 0 saturated carbocycles. The van der Waals surface area contributed by atoms with Gasteiger partial charge < -0.3 is 18.9 Å².